The topological polar surface area (TPSA) is 99.2 Å². The van der Waals surface area contributed by atoms with Crippen LogP contribution in [0.3, 0.4) is 0 Å². The molecule has 1 unspecified atom stereocenters. The number of carboxylic acid groups (broad SMARTS) is 1. The van der Waals surface area contributed by atoms with Crippen LogP contribution in [0.25, 0.3) is 0 Å². The van der Waals surface area contributed by atoms with Crippen molar-refractivity contribution in [2.45, 2.75) is 45.2 Å². The Hall–Kier alpha value is -1.67. The van der Waals surface area contributed by atoms with Gasteiger partial charge in [-0.05, 0) is 26.7 Å². The fourth-order valence-corrected chi connectivity index (χ4v) is 2.44. The molecule has 22 heavy (non-hydrogen) atoms. The first kappa shape index (κ1) is 18.4. The maximum Gasteiger partial charge on any atom is 0.328 e. The minimum Gasteiger partial charge on any atom is -0.480 e. The van der Waals surface area contributed by atoms with Crippen molar-refractivity contribution in [3.8, 4) is 0 Å². The zero-order valence-electron chi connectivity index (χ0n) is 13.4. The van der Waals surface area contributed by atoms with E-state index in [1.54, 1.807) is 25.9 Å². The normalized spacial score (nSPS) is 20.5. The number of ether oxygens (including phenoxy) is 1. The van der Waals surface area contributed by atoms with E-state index in [1.807, 2.05) is 0 Å². The highest BCUT2D eigenvalue weighted by atomic mass is 16.5. The third-order valence-electron chi connectivity index (χ3n) is 3.59. The lowest BCUT2D eigenvalue weighted by Gasteiger charge is -2.41. The standard InChI is InChI=1S/C14H25N3O5/c1-4-22-12(18)7-8-15-10(2)13(19)17-11(14(20)21)6-5-9-16(17)3/h10-11,15H,4-9H2,1-3H3,(H,20,21)/t10-,11?/m0/s1. The molecule has 0 saturated carbocycles. The summed E-state index contributed by atoms with van der Waals surface area (Å²) in [7, 11) is 1.71. The van der Waals surface area contributed by atoms with Crippen molar-refractivity contribution in [1.29, 1.82) is 0 Å². The monoisotopic (exact) mass is 315 g/mol. The van der Waals surface area contributed by atoms with Crippen LogP contribution in [0.4, 0.5) is 0 Å². The van der Waals surface area contributed by atoms with Crippen molar-refractivity contribution in [1.82, 2.24) is 15.3 Å². The number of nitrogens with one attached hydrogen (secondary N) is 1. The molecule has 0 bridgehead atoms. The molecule has 0 aliphatic carbocycles. The van der Waals surface area contributed by atoms with Gasteiger partial charge in [0.15, 0.2) is 0 Å². The minimum absolute atomic E-state index is 0.170. The van der Waals surface area contributed by atoms with E-state index in [0.717, 1.165) is 6.42 Å². The summed E-state index contributed by atoms with van der Waals surface area (Å²) in [5.74, 6) is -1.63. The Balaban J connectivity index is 2.56. The average Bonchev–Trinajstić information content (AvgIpc) is 2.46. The smallest absolute Gasteiger partial charge is 0.328 e. The Morgan fingerprint density at radius 3 is 2.68 bits per heavy atom. The molecule has 1 heterocycles. The molecule has 1 fully saturated rings. The first-order valence-corrected chi connectivity index (χ1v) is 7.54. The van der Waals surface area contributed by atoms with Crippen LogP contribution >= 0.6 is 0 Å². The van der Waals surface area contributed by atoms with Gasteiger partial charge in [0, 0.05) is 20.1 Å². The highest BCUT2D eigenvalue weighted by Gasteiger charge is 2.37. The quantitative estimate of drug-likeness (QED) is 0.630. The van der Waals surface area contributed by atoms with Crippen LogP contribution in [0.5, 0.6) is 0 Å². The predicted octanol–water partition coefficient (Wildman–Crippen LogP) is -0.160. The highest BCUT2D eigenvalue weighted by Crippen LogP contribution is 2.18. The number of aliphatic carboxylic acids is 1. The van der Waals surface area contributed by atoms with Gasteiger partial charge in [0.25, 0.3) is 5.91 Å². The Bertz CT molecular complexity index is 415. The molecule has 1 aliphatic heterocycles. The maximum absolute atomic E-state index is 12.5. The molecule has 0 radical (unpaired) electrons. The second kappa shape index (κ2) is 8.70. The van der Waals surface area contributed by atoms with Gasteiger partial charge in [0.05, 0.1) is 19.1 Å². The molecule has 0 aromatic rings. The lowest BCUT2D eigenvalue weighted by atomic mass is 10.1. The summed E-state index contributed by atoms with van der Waals surface area (Å²) in [6.45, 7) is 4.67. The number of nitrogens with zero attached hydrogens (tertiary/aromatic N) is 2. The number of amides is 1. The van der Waals surface area contributed by atoms with E-state index in [4.69, 9.17) is 4.74 Å². The van der Waals surface area contributed by atoms with Gasteiger partial charge in [-0.25, -0.2) is 9.80 Å². The molecular weight excluding hydrogens is 290 g/mol. The lowest BCUT2D eigenvalue weighted by Crippen LogP contribution is -2.60. The van der Waals surface area contributed by atoms with E-state index in [0.29, 0.717) is 26.1 Å². The molecule has 0 spiro atoms. The van der Waals surface area contributed by atoms with Crippen molar-refractivity contribution in [3.63, 3.8) is 0 Å². The molecule has 0 aromatic carbocycles. The van der Waals surface area contributed by atoms with E-state index in [9.17, 15) is 19.5 Å². The summed E-state index contributed by atoms with van der Waals surface area (Å²) in [5.41, 5.74) is 0. The van der Waals surface area contributed by atoms with Gasteiger partial charge < -0.3 is 15.2 Å². The van der Waals surface area contributed by atoms with Crippen LogP contribution < -0.4 is 5.32 Å². The van der Waals surface area contributed by atoms with Crippen LogP contribution in [0.2, 0.25) is 0 Å². The van der Waals surface area contributed by atoms with Crippen LogP contribution in [-0.4, -0.2) is 71.8 Å². The zero-order chi connectivity index (χ0) is 16.7. The Morgan fingerprint density at radius 2 is 2.09 bits per heavy atom. The molecule has 2 N–H and O–H groups in total. The molecule has 2 atom stereocenters. The molecule has 0 aromatic heterocycles. The van der Waals surface area contributed by atoms with Crippen molar-refractivity contribution in [2.75, 3.05) is 26.7 Å². The first-order valence-electron chi connectivity index (χ1n) is 7.54. The largest absolute Gasteiger partial charge is 0.480 e. The first-order chi connectivity index (χ1) is 10.4. The molecule has 1 rings (SSSR count). The summed E-state index contributed by atoms with van der Waals surface area (Å²) in [6.07, 6.45) is 1.35. The third kappa shape index (κ3) is 4.96. The van der Waals surface area contributed by atoms with Crippen LogP contribution in [0.1, 0.15) is 33.1 Å². The maximum atomic E-state index is 12.5. The number of rotatable bonds is 7. The van der Waals surface area contributed by atoms with E-state index >= 15 is 0 Å². The van der Waals surface area contributed by atoms with Gasteiger partial charge in [0.1, 0.15) is 6.04 Å². The van der Waals surface area contributed by atoms with Crippen molar-refractivity contribution in [2.24, 2.45) is 0 Å². The van der Waals surface area contributed by atoms with Crippen molar-refractivity contribution < 1.29 is 24.2 Å². The Morgan fingerprint density at radius 1 is 1.41 bits per heavy atom. The average molecular weight is 315 g/mol. The van der Waals surface area contributed by atoms with Crippen LogP contribution in [-0.2, 0) is 19.1 Å². The minimum atomic E-state index is -1.00. The fraction of sp³-hybridized carbons (Fsp3) is 0.786. The predicted molar refractivity (Wildman–Crippen MR) is 78.8 cm³/mol. The number of carboxylic acids is 1. The summed E-state index contributed by atoms with van der Waals surface area (Å²) < 4.78 is 4.81. The van der Waals surface area contributed by atoms with Crippen LogP contribution in [0, 0.1) is 0 Å². The summed E-state index contributed by atoms with van der Waals surface area (Å²) in [5, 5.41) is 15.1. The molecule has 8 nitrogen and oxygen atoms in total. The van der Waals surface area contributed by atoms with Gasteiger partial charge in [-0.15, -0.1) is 0 Å². The molecule has 126 valence electrons. The second-order valence-corrected chi connectivity index (χ2v) is 5.29. The molecule has 1 amide bonds. The van der Waals surface area contributed by atoms with Crippen molar-refractivity contribution >= 4 is 17.8 Å². The van der Waals surface area contributed by atoms with E-state index in [2.05, 4.69) is 5.32 Å². The van der Waals surface area contributed by atoms with Gasteiger partial charge in [-0.3, -0.25) is 14.6 Å². The zero-order valence-corrected chi connectivity index (χ0v) is 13.4. The Kier molecular flexibility index (Phi) is 7.26. The fourth-order valence-electron chi connectivity index (χ4n) is 2.44. The Labute approximate surface area is 130 Å². The van der Waals surface area contributed by atoms with Gasteiger partial charge >= 0.3 is 11.9 Å². The van der Waals surface area contributed by atoms with E-state index in [-0.39, 0.29) is 18.3 Å². The second-order valence-electron chi connectivity index (χ2n) is 5.29. The highest BCUT2D eigenvalue weighted by molar-refractivity contribution is 5.86. The molecule has 8 heteroatoms. The molecular formula is C14H25N3O5. The third-order valence-corrected chi connectivity index (χ3v) is 3.59. The van der Waals surface area contributed by atoms with Crippen molar-refractivity contribution in [3.05, 3.63) is 0 Å². The lowest BCUT2D eigenvalue weighted by molar-refractivity contribution is -0.172. The number of hydrogen-bond acceptors (Lipinski definition) is 6. The summed E-state index contributed by atoms with van der Waals surface area (Å²) in [4.78, 5) is 35.0. The molecule has 1 aliphatic rings. The number of hydrazine groups is 1. The van der Waals surface area contributed by atoms with Crippen LogP contribution in [0.15, 0.2) is 0 Å². The van der Waals surface area contributed by atoms with E-state index < -0.39 is 18.1 Å². The summed E-state index contributed by atoms with van der Waals surface area (Å²) >= 11 is 0. The number of carbonyl (C=O) groups excluding carboxylic acids is 2. The van der Waals surface area contributed by atoms with Gasteiger partial charge in [-0.2, -0.15) is 0 Å². The number of carbonyl (C=O) groups is 3. The summed E-state index contributed by atoms with van der Waals surface area (Å²) in [6, 6.07) is -1.41. The van der Waals surface area contributed by atoms with Gasteiger partial charge in [0.2, 0.25) is 0 Å². The van der Waals surface area contributed by atoms with Gasteiger partial charge in [-0.1, -0.05) is 0 Å². The number of hydrogen-bond donors (Lipinski definition) is 2. The van der Waals surface area contributed by atoms with E-state index in [1.165, 1.54) is 5.01 Å². The SMILES string of the molecule is CCOC(=O)CCN[C@@H](C)C(=O)N1C(C(=O)O)CCCN1C. The molecule has 1 saturated heterocycles. The number of esters is 1.